The summed E-state index contributed by atoms with van der Waals surface area (Å²) >= 11 is 6.68. The molecule has 0 aliphatic heterocycles. The highest BCUT2D eigenvalue weighted by Gasteiger charge is 1.98. The van der Waals surface area contributed by atoms with Gasteiger partial charge in [0.2, 0.25) is 0 Å². The van der Waals surface area contributed by atoms with Gasteiger partial charge in [-0.05, 0) is 29.8 Å². The van der Waals surface area contributed by atoms with Gasteiger partial charge >= 0.3 is 0 Å². The van der Waals surface area contributed by atoms with E-state index in [1.807, 2.05) is 42.5 Å². The van der Waals surface area contributed by atoms with Crippen LogP contribution in [0.4, 0.5) is 0 Å². The van der Waals surface area contributed by atoms with Gasteiger partial charge in [-0.3, -0.25) is 0 Å². The van der Waals surface area contributed by atoms with E-state index in [1.54, 1.807) is 11.8 Å². The van der Waals surface area contributed by atoms with Gasteiger partial charge in [0.1, 0.15) is 5.75 Å². The Morgan fingerprint density at radius 2 is 1.75 bits per heavy atom. The van der Waals surface area contributed by atoms with Gasteiger partial charge in [-0.15, -0.1) is 11.8 Å². The standard InChI is InChI=1S/C16H17NOS2/c17-16(19)12-13-6-8-14(9-7-13)18-10-11-20-15-4-2-1-3-5-15/h1-9H,10-12H2,(H2,17,19). The van der Waals surface area contributed by atoms with E-state index in [2.05, 4.69) is 12.1 Å². The van der Waals surface area contributed by atoms with Crippen molar-refractivity contribution in [3.05, 3.63) is 60.2 Å². The Labute approximate surface area is 129 Å². The first-order valence-electron chi connectivity index (χ1n) is 6.42. The first-order chi connectivity index (χ1) is 9.74. The van der Waals surface area contributed by atoms with E-state index in [-0.39, 0.29) is 0 Å². The highest BCUT2D eigenvalue weighted by Crippen LogP contribution is 2.18. The molecular weight excluding hydrogens is 286 g/mol. The van der Waals surface area contributed by atoms with Crippen LogP contribution in [-0.4, -0.2) is 17.3 Å². The molecule has 2 N–H and O–H groups in total. The molecule has 2 aromatic carbocycles. The molecule has 0 saturated heterocycles. The second-order valence-electron chi connectivity index (χ2n) is 4.30. The van der Waals surface area contributed by atoms with Crippen LogP contribution in [0.2, 0.25) is 0 Å². The second kappa shape index (κ2) is 7.92. The zero-order valence-corrected chi connectivity index (χ0v) is 12.8. The minimum absolute atomic E-state index is 0.512. The van der Waals surface area contributed by atoms with Gasteiger partial charge in [-0.1, -0.05) is 42.5 Å². The lowest BCUT2D eigenvalue weighted by atomic mass is 10.1. The molecule has 2 rings (SSSR count). The van der Waals surface area contributed by atoms with Crippen molar-refractivity contribution < 1.29 is 4.74 Å². The topological polar surface area (TPSA) is 35.2 Å². The third-order valence-electron chi connectivity index (χ3n) is 2.67. The van der Waals surface area contributed by atoms with E-state index >= 15 is 0 Å². The SMILES string of the molecule is NC(=S)Cc1ccc(OCCSc2ccccc2)cc1. The molecule has 0 heterocycles. The Bertz CT molecular complexity index is 540. The lowest BCUT2D eigenvalue weighted by Crippen LogP contribution is -2.10. The largest absolute Gasteiger partial charge is 0.493 e. The van der Waals surface area contributed by atoms with E-state index in [0.29, 0.717) is 18.0 Å². The Morgan fingerprint density at radius 1 is 1.05 bits per heavy atom. The molecule has 20 heavy (non-hydrogen) atoms. The summed E-state index contributed by atoms with van der Waals surface area (Å²) < 4.78 is 5.70. The molecule has 0 unspecified atom stereocenters. The molecule has 0 amide bonds. The molecule has 0 saturated carbocycles. The van der Waals surface area contributed by atoms with Crippen molar-refractivity contribution >= 4 is 29.0 Å². The summed E-state index contributed by atoms with van der Waals surface area (Å²) in [6.45, 7) is 0.689. The van der Waals surface area contributed by atoms with E-state index < -0.39 is 0 Å². The van der Waals surface area contributed by atoms with E-state index in [1.165, 1.54) is 4.90 Å². The normalized spacial score (nSPS) is 10.2. The summed E-state index contributed by atoms with van der Waals surface area (Å²) in [5.74, 6) is 1.81. The minimum Gasteiger partial charge on any atom is -0.493 e. The molecule has 0 bridgehead atoms. The second-order valence-corrected chi connectivity index (χ2v) is 5.99. The minimum atomic E-state index is 0.512. The third-order valence-corrected chi connectivity index (χ3v) is 3.79. The fourth-order valence-electron chi connectivity index (χ4n) is 1.74. The van der Waals surface area contributed by atoms with E-state index in [9.17, 15) is 0 Å². The molecule has 2 nitrogen and oxygen atoms in total. The summed E-state index contributed by atoms with van der Waals surface area (Å²) in [4.78, 5) is 1.78. The summed E-state index contributed by atoms with van der Waals surface area (Å²) in [6, 6.07) is 18.2. The lowest BCUT2D eigenvalue weighted by molar-refractivity contribution is 0.344. The summed E-state index contributed by atoms with van der Waals surface area (Å²) in [6.07, 6.45) is 0.638. The number of hydrogen-bond donors (Lipinski definition) is 1. The zero-order valence-electron chi connectivity index (χ0n) is 11.1. The van der Waals surface area contributed by atoms with Crippen LogP contribution in [0.5, 0.6) is 5.75 Å². The molecule has 104 valence electrons. The molecule has 0 atom stereocenters. The van der Waals surface area contributed by atoms with Crippen LogP contribution < -0.4 is 10.5 Å². The van der Waals surface area contributed by atoms with Gasteiger partial charge in [0.15, 0.2) is 0 Å². The van der Waals surface area contributed by atoms with Crippen LogP contribution in [0.25, 0.3) is 0 Å². The van der Waals surface area contributed by atoms with Crippen LogP contribution in [0.15, 0.2) is 59.5 Å². The number of thiocarbonyl (C=S) groups is 1. The molecule has 0 aliphatic rings. The maximum atomic E-state index is 5.70. The van der Waals surface area contributed by atoms with Crippen LogP contribution >= 0.6 is 24.0 Å². The monoisotopic (exact) mass is 303 g/mol. The van der Waals surface area contributed by atoms with Crippen molar-refractivity contribution in [3.8, 4) is 5.75 Å². The van der Waals surface area contributed by atoms with Gasteiger partial charge in [0, 0.05) is 17.1 Å². The summed E-state index contributed by atoms with van der Waals surface area (Å²) in [7, 11) is 0. The number of hydrogen-bond acceptors (Lipinski definition) is 3. The molecule has 0 radical (unpaired) electrons. The first-order valence-corrected chi connectivity index (χ1v) is 7.81. The highest BCUT2D eigenvalue weighted by molar-refractivity contribution is 7.99. The van der Waals surface area contributed by atoms with Crippen molar-refractivity contribution in [3.63, 3.8) is 0 Å². The van der Waals surface area contributed by atoms with Crippen molar-refractivity contribution in [1.82, 2.24) is 0 Å². The maximum absolute atomic E-state index is 5.70. The third kappa shape index (κ3) is 5.23. The molecule has 0 spiro atoms. The van der Waals surface area contributed by atoms with Crippen molar-refractivity contribution in [2.45, 2.75) is 11.3 Å². The summed E-state index contributed by atoms with van der Waals surface area (Å²) in [5.41, 5.74) is 6.63. The number of rotatable bonds is 7. The van der Waals surface area contributed by atoms with Crippen LogP contribution in [0.1, 0.15) is 5.56 Å². The number of ether oxygens (including phenoxy) is 1. The smallest absolute Gasteiger partial charge is 0.119 e. The Hall–Kier alpha value is -1.52. The Kier molecular flexibility index (Phi) is 5.89. The number of nitrogens with two attached hydrogens (primary N) is 1. The first kappa shape index (κ1) is 14.9. The fourth-order valence-corrected chi connectivity index (χ4v) is 2.66. The molecule has 2 aromatic rings. The maximum Gasteiger partial charge on any atom is 0.119 e. The lowest BCUT2D eigenvalue weighted by Gasteiger charge is -2.07. The van der Waals surface area contributed by atoms with Crippen LogP contribution in [0, 0.1) is 0 Å². The molecule has 0 aliphatic carbocycles. The van der Waals surface area contributed by atoms with Crippen LogP contribution in [-0.2, 0) is 6.42 Å². The molecule has 0 fully saturated rings. The zero-order chi connectivity index (χ0) is 14.2. The van der Waals surface area contributed by atoms with Gasteiger partial charge in [-0.2, -0.15) is 0 Å². The predicted molar refractivity (Wildman–Crippen MR) is 89.6 cm³/mol. The van der Waals surface area contributed by atoms with Crippen molar-refractivity contribution in [2.75, 3.05) is 12.4 Å². The average Bonchev–Trinajstić information content (AvgIpc) is 2.46. The van der Waals surface area contributed by atoms with Crippen molar-refractivity contribution in [2.24, 2.45) is 5.73 Å². The van der Waals surface area contributed by atoms with Gasteiger partial charge in [0.25, 0.3) is 0 Å². The van der Waals surface area contributed by atoms with Gasteiger partial charge < -0.3 is 10.5 Å². The molecular formula is C16H17NOS2. The predicted octanol–water partition coefficient (Wildman–Crippen LogP) is 3.69. The molecule has 0 aromatic heterocycles. The Morgan fingerprint density at radius 3 is 2.40 bits per heavy atom. The van der Waals surface area contributed by atoms with E-state index in [4.69, 9.17) is 22.7 Å². The van der Waals surface area contributed by atoms with Gasteiger partial charge in [0.05, 0.1) is 11.6 Å². The van der Waals surface area contributed by atoms with E-state index in [0.717, 1.165) is 17.1 Å². The number of benzene rings is 2. The average molecular weight is 303 g/mol. The quantitative estimate of drug-likeness (QED) is 0.481. The highest BCUT2D eigenvalue weighted by atomic mass is 32.2. The van der Waals surface area contributed by atoms with Crippen molar-refractivity contribution in [1.29, 1.82) is 0 Å². The Balaban J connectivity index is 1.73. The number of thioether (sulfide) groups is 1. The summed E-state index contributed by atoms with van der Waals surface area (Å²) in [5, 5.41) is 0. The fraction of sp³-hybridized carbons (Fsp3) is 0.188. The molecule has 4 heteroatoms. The van der Waals surface area contributed by atoms with Gasteiger partial charge in [-0.25, -0.2) is 0 Å². The van der Waals surface area contributed by atoms with Crippen LogP contribution in [0.3, 0.4) is 0 Å².